The molecule has 2 fully saturated rings. The van der Waals surface area contributed by atoms with Crippen molar-refractivity contribution in [2.75, 3.05) is 38.3 Å². The van der Waals surface area contributed by atoms with E-state index < -0.39 is 22.6 Å². The minimum absolute atomic E-state index is 0.0929. The number of allylic oxidation sites excluding steroid dienone is 1. The number of thioether (sulfide) groups is 1. The van der Waals surface area contributed by atoms with Crippen LogP contribution >= 0.6 is 11.8 Å². The quantitative estimate of drug-likeness (QED) is 0.479. The van der Waals surface area contributed by atoms with Gasteiger partial charge in [-0.05, 0) is 49.9 Å². The molecule has 192 valence electrons. The second-order valence-electron chi connectivity index (χ2n) is 9.59. The van der Waals surface area contributed by atoms with Gasteiger partial charge in [0.05, 0.1) is 30.3 Å². The lowest BCUT2D eigenvalue weighted by atomic mass is 9.78. The number of hydrogen-bond acceptors (Lipinski definition) is 7. The van der Waals surface area contributed by atoms with Gasteiger partial charge in [-0.1, -0.05) is 24.3 Å². The van der Waals surface area contributed by atoms with Crippen LogP contribution in [0.3, 0.4) is 0 Å². The second kappa shape index (κ2) is 10.3. The molecule has 1 aromatic rings. The molecule has 36 heavy (non-hydrogen) atoms. The van der Waals surface area contributed by atoms with Gasteiger partial charge in [-0.3, -0.25) is 14.4 Å². The summed E-state index contributed by atoms with van der Waals surface area (Å²) >= 11 is 1.53. The van der Waals surface area contributed by atoms with Crippen molar-refractivity contribution in [3.8, 4) is 5.75 Å². The number of aliphatic hydroxyl groups excluding tert-OH is 1. The van der Waals surface area contributed by atoms with E-state index in [2.05, 4.69) is 6.08 Å². The molecule has 1 unspecified atom stereocenters. The van der Waals surface area contributed by atoms with Crippen molar-refractivity contribution in [3.63, 3.8) is 0 Å². The molecule has 1 spiro atoms. The van der Waals surface area contributed by atoms with Crippen molar-refractivity contribution < 1.29 is 29.0 Å². The number of anilines is 1. The molecule has 2 amide bonds. The van der Waals surface area contributed by atoms with Crippen molar-refractivity contribution in [2.45, 2.75) is 41.7 Å². The van der Waals surface area contributed by atoms with Crippen LogP contribution in [0.2, 0.25) is 0 Å². The number of aliphatic hydroxyl groups is 1. The average Bonchev–Trinajstić information content (AvgIpc) is 3.27. The Labute approximate surface area is 215 Å². The highest BCUT2D eigenvalue weighted by Gasteiger charge is 2.70. The van der Waals surface area contributed by atoms with E-state index in [1.165, 1.54) is 11.8 Å². The van der Waals surface area contributed by atoms with E-state index in [-0.39, 0.29) is 36.2 Å². The van der Waals surface area contributed by atoms with E-state index >= 15 is 0 Å². The predicted octanol–water partition coefficient (Wildman–Crippen LogP) is 2.56. The van der Waals surface area contributed by atoms with Gasteiger partial charge in [-0.2, -0.15) is 0 Å². The molecule has 5 atom stereocenters. The number of amides is 2. The number of carbonyl (C=O) groups excluding carboxylic acids is 3. The third-order valence-electron chi connectivity index (χ3n) is 7.54. The smallest absolute Gasteiger partial charge is 0.311 e. The number of nitrogens with zero attached hydrogens (tertiary/aromatic N) is 2. The van der Waals surface area contributed by atoms with E-state index in [4.69, 9.17) is 9.47 Å². The molecule has 4 heterocycles. The third kappa shape index (κ3) is 4.12. The fourth-order valence-electron chi connectivity index (χ4n) is 5.89. The van der Waals surface area contributed by atoms with E-state index in [0.29, 0.717) is 31.0 Å². The van der Waals surface area contributed by atoms with E-state index in [1.807, 2.05) is 30.4 Å². The van der Waals surface area contributed by atoms with Crippen molar-refractivity contribution in [1.82, 2.24) is 4.90 Å². The Balaban J connectivity index is 1.57. The average molecular weight is 513 g/mol. The molecule has 9 heteroatoms. The zero-order chi connectivity index (χ0) is 25.3. The Kier molecular flexibility index (Phi) is 7.12. The first-order valence-corrected chi connectivity index (χ1v) is 13.5. The summed E-state index contributed by atoms with van der Waals surface area (Å²) in [7, 11) is 1.59. The summed E-state index contributed by atoms with van der Waals surface area (Å²) in [6.45, 7) is 0.849. The van der Waals surface area contributed by atoms with Crippen LogP contribution in [0.5, 0.6) is 5.75 Å². The minimum Gasteiger partial charge on any atom is -0.497 e. The Morgan fingerprint density at radius 1 is 1.14 bits per heavy atom. The molecule has 1 N–H and O–H groups in total. The lowest BCUT2D eigenvalue weighted by Gasteiger charge is -2.35. The summed E-state index contributed by atoms with van der Waals surface area (Å²) < 4.78 is 10.00. The van der Waals surface area contributed by atoms with Gasteiger partial charge < -0.3 is 24.4 Å². The van der Waals surface area contributed by atoms with Crippen LogP contribution in [0.15, 0.2) is 48.6 Å². The number of benzene rings is 1. The zero-order valence-electron chi connectivity index (χ0n) is 20.4. The highest BCUT2D eigenvalue weighted by atomic mass is 32.2. The van der Waals surface area contributed by atoms with Gasteiger partial charge in [-0.25, -0.2) is 0 Å². The maximum atomic E-state index is 14.2. The van der Waals surface area contributed by atoms with Crippen LogP contribution in [0.25, 0.3) is 0 Å². The van der Waals surface area contributed by atoms with Gasteiger partial charge in [0.1, 0.15) is 11.8 Å². The monoisotopic (exact) mass is 512 g/mol. The number of cyclic esters (lactones) is 1. The van der Waals surface area contributed by atoms with E-state index in [0.717, 1.165) is 19.3 Å². The highest BCUT2D eigenvalue weighted by Crippen LogP contribution is 2.60. The number of ether oxygens (including phenoxy) is 2. The van der Waals surface area contributed by atoms with Gasteiger partial charge in [0, 0.05) is 30.6 Å². The van der Waals surface area contributed by atoms with Crippen LogP contribution in [0, 0.1) is 11.8 Å². The predicted molar refractivity (Wildman–Crippen MR) is 137 cm³/mol. The first-order chi connectivity index (χ1) is 17.5. The zero-order valence-corrected chi connectivity index (χ0v) is 21.2. The second-order valence-corrected chi connectivity index (χ2v) is 11.1. The molecule has 0 bridgehead atoms. The number of hydrogen-bond donors (Lipinski definition) is 1. The molecular weight excluding hydrogens is 480 g/mol. The third-order valence-corrected chi connectivity index (χ3v) is 9.29. The normalized spacial score (nSPS) is 32.9. The number of rotatable bonds is 5. The molecule has 0 aliphatic carbocycles. The largest absolute Gasteiger partial charge is 0.497 e. The Morgan fingerprint density at radius 3 is 2.69 bits per heavy atom. The Morgan fingerprint density at radius 2 is 1.94 bits per heavy atom. The minimum atomic E-state index is -0.891. The lowest BCUT2D eigenvalue weighted by Crippen LogP contribution is -2.53. The van der Waals surface area contributed by atoms with E-state index in [9.17, 15) is 19.5 Å². The standard InChI is InChI=1S/C27H32N2O6S/c1-34-19-11-9-18(10-12-19)28-14-6-13-27-22(24(31)29(15-7-16-30)23(27)25(28)32)21-20(36-27)8-4-2-3-5-17-35-26(21)33/h4,6,8-13,20-23,30H,2-3,5,7,14-17H2,1H3/b8-4-/t20-,21+,22-,23?,27-/m0/s1. The molecule has 4 aliphatic heterocycles. The molecule has 0 saturated carbocycles. The van der Waals surface area contributed by atoms with Gasteiger partial charge in [0.25, 0.3) is 5.91 Å². The van der Waals surface area contributed by atoms with Gasteiger partial charge >= 0.3 is 5.97 Å². The van der Waals surface area contributed by atoms with Gasteiger partial charge in [0.15, 0.2) is 0 Å². The van der Waals surface area contributed by atoms with Crippen molar-refractivity contribution in [2.24, 2.45) is 11.8 Å². The number of carbonyl (C=O) groups is 3. The molecular formula is C27H32N2O6S. The number of likely N-dealkylation sites (tertiary alicyclic amines) is 1. The summed E-state index contributed by atoms with van der Waals surface area (Å²) in [6.07, 6.45) is 11.0. The van der Waals surface area contributed by atoms with Crippen LogP contribution in [-0.4, -0.2) is 77.2 Å². The van der Waals surface area contributed by atoms with Crippen molar-refractivity contribution in [3.05, 3.63) is 48.6 Å². The maximum absolute atomic E-state index is 14.2. The molecule has 1 aromatic carbocycles. The molecule has 5 rings (SSSR count). The first-order valence-electron chi connectivity index (χ1n) is 12.6. The van der Waals surface area contributed by atoms with Crippen molar-refractivity contribution >= 4 is 35.2 Å². The SMILES string of the molecule is COc1ccc(N2CC=C[C@]34S[C@H]5/C=C\CCCCOC(=O)[C@H]5[C@H]3C(=O)N(CCCO)C4C2=O)cc1. The summed E-state index contributed by atoms with van der Waals surface area (Å²) in [5.74, 6) is -1.45. The van der Waals surface area contributed by atoms with Crippen LogP contribution in [0.1, 0.15) is 25.7 Å². The fraction of sp³-hybridized carbons (Fsp3) is 0.519. The summed E-state index contributed by atoms with van der Waals surface area (Å²) in [5, 5.41) is 9.27. The number of methoxy groups -OCH3 is 1. The van der Waals surface area contributed by atoms with Crippen LogP contribution in [0.4, 0.5) is 5.69 Å². The Bertz CT molecular complexity index is 1070. The number of esters is 1. The molecule has 0 radical (unpaired) electrons. The van der Waals surface area contributed by atoms with Crippen molar-refractivity contribution in [1.29, 1.82) is 0 Å². The Hall–Kier alpha value is -2.78. The fourth-order valence-corrected chi connectivity index (χ4v) is 7.89. The van der Waals surface area contributed by atoms with Crippen LogP contribution in [-0.2, 0) is 19.1 Å². The van der Waals surface area contributed by atoms with E-state index in [1.54, 1.807) is 29.0 Å². The molecule has 0 aromatic heterocycles. The summed E-state index contributed by atoms with van der Waals surface area (Å²) in [5.41, 5.74) is 0.710. The summed E-state index contributed by atoms with van der Waals surface area (Å²) in [4.78, 5) is 44.8. The summed E-state index contributed by atoms with van der Waals surface area (Å²) in [6, 6.07) is 6.48. The number of fused-ring (bicyclic) bond motifs is 2. The molecule has 8 nitrogen and oxygen atoms in total. The first kappa shape index (κ1) is 24.9. The molecule has 2 saturated heterocycles. The molecule has 4 aliphatic rings. The van der Waals surface area contributed by atoms with Gasteiger partial charge in [0.2, 0.25) is 5.91 Å². The highest BCUT2D eigenvalue weighted by molar-refractivity contribution is 8.02. The maximum Gasteiger partial charge on any atom is 0.311 e. The lowest BCUT2D eigenvalue weighted by molar-refractivity contribution is -0.153. The van der Waals surface area contributed by atoms with Gasteiger partial charge in [-0.15, -0.1) is 11.8 Å². The van der Waals surface area contributed by atoms with Crippen LogP contribution < -0.4 is 9.64 Å². The topological polar surface area (TPSA) is 96.4 Å².